The molecule has 4 heteroatoms. The van der Waals surface area contributed by atoms with Crippen molar-refractivity contribution in [3.05, 3.63) is 108 Å². The Morgan fingerprint density at radius 2 is 0.829 bits per heavy atom. The standard InChI is InChI=1S/C18H22O2.C13H20O2/c1-17(2,15-11-7-5-8-12-15)19-20-18(3,4)16-13-9-6-10-14-16;1-12(2,3)10-13(4,15-14)11-8-6-5-7-9-11/h5-14H,1-4H3;5-9,14H,10H2,1-4H3. The fraction of sp³-hybridized carbons (Fsp3) is 0.419. The molecule has 0 heterocycles. The molecule has 190 valence electrons. The fourth-order valence-corrected chi connectivity index (χ4v) is 3.97. The van der Waals surface area contributed by atoms with Crippen LogP contribution in [0.3, 0.4) is 0 Å². The summed E-state index contributed by atoms with van der Waals surface area (Å²) in [6, 6.07) is 30.0. The molecule has 0 aliphatic carbocycles. The molecule has 0 aliphatic rings. The molecule has 0 saturated carbocycles. The van der Waals surface area contributed by atoms with Gasteiger partial charge in [0.05, 0.1) is 0 Å². The average molecular weight is 479 g/mol. The van der Waals surface area contributed by atoms with Crippen LogP contribution in [0.4, 0.5) is 0 Å². The summed E-state index contributed by atoms with van der Waals surface area (Å²) >= 11 is 0. The number of hydrogen-bond acceptors (Lipinski definition) is 4. The van der Waals surface area contributed by atoms with E-state index in [0.717, 1.165) is 23.1 Å². The van der Waals surface area contributed by atoms with E-state index in [9.17, 15) is 0 Å². The first-order valence-electron chi connectivity index (χ1n) is 12.2. The van der Waals surface area contributed by atoms with Crippen LogP contribution in [0, 0.1) is 5.41 Å². The summed E-state index contributed by atoms with van der Waals surface area (Å²) in [7, 11) is 0. The Morgan fingerprint density at radius 3 is 1.11 bits per heavy atom. The SMILES string of the molecule is CC(C)(C)CC(C)(OO)c1ccccc1.CC(C)(OOC(C)(C)c1ccccc1)c1ccccc1. The molecule has 35 heavy (non-hydrogen) atoms. The zero-order valence-electron chi connectivity index (χ0n) is 22.5. The van der Waals surface area contributed by atoms with Crippen LogP contribution in [-0.2, 0) is 31.5 Å². The second-order valence-corrected chi connectivity index (χ2v) is 11.3. The molecule has 0 aliphatic heterocycles. The summed E-state index contributed by atoms with van der Waals surface area (Å²) in [5.74, 6) is 0. The van der Waals surface area contributed by atoms with E-state index in [4.69, 9.17) is 19.9 Å². The van der Waals surface area contributed by atoms with Gasteiger partial charge in [0.2, 0.25) is 0 Å². The van der Waals surface area contributed by atoms with Crippen LogP contribution in [0.1, 0.15) is 78.5 Å². The lowest BCUT2D eigenvalue weighted by Gasteiger charge is -2.33. The van der Waals surface area contributed by atoms with Crippen molar-refractivity contribution in [2.24, 2.45) is 5.41 Å². The Labute approximate surface area is 211 Å². The van der Waals surface area contributed by atoms with Gasteiger partial charge in [-0.2, -0.15) is 0 Å². The largest absolute Gasteiger partial charge is 0.251 e. The molecule has 0 saturated heterocycles. The molecule has 1 N–H and O–H groups in total. The highest BCUT2D eigenvalue weighted by atomic mass is 17.2. The molecule has 3 rings (SSSR count). The molecule has 0 radical (unpaired) electrons. The van der Waals surface area contributed by atoms with Gasteiger partial charge in [-0.15, -0.1) is 0 Å². The smallest absolute Gasteiger partial charge is 0.126 e. The minimum Gasteiger partial charge on any atom is -0.251 e. The third kappa shape index (κ3) is 8.90. The Bertz CT molecular complexity index is 941. The van der Waals surface area contributed by atoms with Crippen LogP contribution in [0.5, 0.6) is 0 Å². The van der Waals surface area contributed by atoms with Gasteiger partial charge in [-0.1, -0.05) is 112 Å². The first-order chi connectivity index (χ1) is 16.3. The normalized spacial score (nSPS) is 14.0. The lowest BCUT2D eigenvalue weighted by Crippen LogP contribution is -2.30. The maximum Gasteiger partial charge on any atom is 0.126 e. The predicted octanol–water partition coefficient (Wildman–Crippen LogP) is 8.63. The molecule has 0 spiro atoms. The van der Waals surface area contributed by atoms with Crippen molar-refractivity contribution in [3.8, 4) is 0 Å². The molecular weight excluding hydrogens is 436 g/mol. The summed E-state index contributed by atoms with van der Waals surface area (Å²) in [6.07, 6.45) is 0.764. The third-order valence-corrected chi connectivity index (χ3v) is 5.85. The highest BCUT2D eigenvalue weighted by molar-refractivity contribution is 5.23. The lowest BCUT2D eigenvalue weighted by molar-refractivity contribution is -0.410. The van der Waals surface area contributed by atoms with Gasteiger partial charge in [-0.3, -0.25) is 5.26 Å². The van der Waals surface area contributed by atoms with Gasteiger partial charge in [-0.05, 0) is 63.1 Å². The van der Waals surface area contributed by atoms with E-state index < -0.39 is 16.8 Å². The second-order valence-electron chi connectivity index (χ2n) is 11.3. The van der Waals surface area contributed by atoms with Crippen molar-refractivity contribution >= 4 is 0 Å². The van der Waals surface area contributed by atoms with E-state index in [0.29, 0.717) is 0 Å². The van der Waals surface area contributed by atoms with E-state index in [-0.39, 0.29) is 5.41 Å². The van der Waals surface area contributed by atoms with E-state index >= 15 is 0 Å². The maximum atomic E-state index is 9.10. The number of rotatable bonds is 8. The van der Waals surface area contributed by atoms with Crippen LogP contribution < -0.4 is 0 Å². The van der Waals surface area contributed by atoms with Crippen LogP contribution in [-0.4, -0.2) is 5.26 Å². The Morgan fingerprint density at radius 1 is 0.514 bits per heavy atom. The zero-order chi connectivity index (χ0) is 26.2. The van der Waals surface area contributed by atoms with Gasteiger partial charge in [0, 0.05) is 0 Å². The highest BCUT2D eigenvalue weighted by Gasteiger charge is 2.33. The summed E-state index contributed by atoms with van der Waals surface area (Å²) in [5.41, 5.74) is 1.67. The highest BCUT2D eigenvalue weighted by Crippen LogP contribution is 2.37. The number of hydrogen-bond donors (Lipinski definition) is 1. The van der Waals surface area contributed by atoms with Crippen molar-refractivity contribution in [3.63, 3.8) is 0 Å². The quantitative estimate of drug-likeness (QED) is 0.260. The van der Waals surface area contributed by atoms with E-state index in [1.165, 1.54) is 0 Å². The second kappa shape index (κ2) is 12.0. The molecule has 0 amide bonds. The molecule has 1 atom stereocenters. The maximum absolute atomic E-state index is 9.10. The van der Waals surface area contributed by atoms with E-state index in [2.05, 4.69) is 20.8 Å². The van der Waals surface area contributed by atoms with Gasteiger partial charge >= 0.3 is 0 Å². The van der Waals surface area contributed by atoms with Crippen molar-refractivity contribution < 1.29 is 19.9 Å². The Balaban J connectivity index is 0.000000258. The Kier molecular flexibility index (Phi) is 9.82. The molecular formula is C31H42O4. The predicted molar refractivity (Wildman–Crippen MR) is 143 cm³/mol. The van der Waals surface area contributed by atoms with Crippen molar-refractivity contribution in [2.45, 2.75) is 78.6 Å². The zero-order valence-corrected chi connectivity index (χ0v) is 22.5. The van der Waals surface area contributed by atoms with Crippen molar-refractivity contribution in [1.29, 1.82) is 0 Å². The van der Waals surface area contributed by atoms with Gasteiger partial charge in [-0.25, -0.2) is 14.7 Å². The first kappa shape index (κ1) is 28.7. The van der Waals surface area contributed by atoms with Crippen LogP contribution in [0.25, 0.3) is 0 Å². The van der Waals surface area contributed by atoms with Gasteiger partial charge in [0.25, 0.3) is 0 Å². The van der Waals surface area contributed by atoms with E-state index in [1.54, 1.807) is 0 Å². The Hall–Kier alpha value is -2.50. The fourth-order valence-electron chi connectivity index (χ4n) is 3.97. The van der Waals surface area contributed by atoms with E-state index in [1.807, 2.05) is 126 Å². The summed E-state index contributed by atoms with van der Waals surface area (Å²) in [5, 5.41) is 9.10. The molecule has 4 nitrogen and oxygen atoms in total. The van der Waals surface area contributed by atoms with Gasteiger partial charge in [0.15, 0.2) is 0 Å². The van der Waals surface area contributed by atoms with Crippen LogP contribution in [0.2, 0.25) is 0 Å². The van der Waals surface area contributed by atoms with Crippen molar-refractivity contribution in [2.75, 3.05) is 0 Å². The van der Waals surface area contributed by atoms with Crippen molar-refractivity contribution in [1.82, 2.24) is 0 Å². The first-order valence-corrected chi connectivity index (χ1v) is 12.2. The van der Waals surface area contributed by atoms with Crippen LogP contribution in [0.15, 0.2) is 91.0 Å². The minimum atomic E-state index is -0.625. The molecule has 3 aromatic rings. The summed E-state index contributed by atoms with van der Waals surface area (Å²) < 4.78 is 0. The molecule has 1 unspecified atom stereocenters. The topological polar surface area (TPSA) is 47.9 Å². The number of benzene rings is 3. The molecule has 0 bridgehead atoms. The van der Waals surface area contributed by atoms with Crippen LogP contribution >= 0.6 is 0 Å². The third-order valence-electron chi connectivity index (χ3n) is 5.85. The molecule has 0 fully saturated rings. The molecule has 0 aromatic heterocycles. The average Bonchev–Trinajstić information content (AvgIpc) is 2.84. The summed E-state index contributed by atoms with van der Waals surface area (Å²) in [6.45, 7) is 16.3. The van der Waals surface area contributed by atoms with Gasteiger partial charge in [0.1, 0.15) is 16.8 Å². The lowest BCUT2D eigenvalue weighted by atomic mass is 9.79. The summed E-state index contributed by atoms with van der Waals surface area (Å²) in [4.78, 5) is 16.2. The monoisotopic (exact) mass is 478 g/mol. The van der Waals surface area contributed by atoms with Gasteiger partial charge < -0.3 is 0 Å². The molecule has 3 aromatic carbocycles. The minimum absolute atomic E-state index is 0.104.